The number of nitrogens with one attached hydrogen (secondary N) is 1. The van der Waals surface area contributed by atoms with Crippen LogP contribution in [0.3, 0.4) is 0 Å². The van der Waals surface area contributed by atoms with Gasteiger partial charge in [0, 0.05) is 12.3 Å². The lowest BCUT2D eigenvalue weighted by Gasteiger charge is -2.23. The van der Waals surface area contributed by atoms with E-state index in [2.05, 4.69) is 19.2 Å². The number of benzene rings is 1. The van der Waals surface area contributed by atoms with Crippen LogP contribution in [0.25, 0.3) is 0 Å². The second-order valence-electron chi connectivity index (χ2n) is 4.81. The second-order valence-corrected chi connectivity index (χ2v) is 6.83. The molecule has 102 valence electrons. The molecule has 0 fully saturated rings. The fourth-order valence-electron chi connectivity index (χ4n) is 2.21. The van der Waals surface area contributed by atoms with E-state index >= 15 is 0 Å². The number of rotatable bonds is 6. The zero-order chi connectivity index (χ0) is 13.8. The van der Waals surface area contributed by atoms with Crippen LogP contribution in [0.15, 0.2) is 29.2 Å². The van der Waals surface area contributed by atoms with Gasteiger partial charge in [0.05, 0.1) is 4.90 Å². The Labute approximate surface area is 111 Å². The Balaban J connectivity index is 2.91. The predicted octanol–water partition coefficient (Wildman–Crippen LogP) is 2.58. The van der Waals surface area contributed by atoms with E-state index in [1.165, 1.54) is 11.8 Å². The lowest BCUT2D eigenvalue weighted by Crippen LogP contribution is -2.30. The monoisotopic (exact) mass is 269 g/mol. The van der Waals surface area contributed by atoms with Gasteiger partial charge in [-0.25, -0.2) is 8.42 Å². The third-order valence-corrected chi connectivity index (χ3v) is 4.54. The molecule has 4 heteroatoms. The van der Waals surface area contributed by atoms with Gasteiger partial charge in [0.2, 0.25) is 0 Å². The lowest BCUT2D eigenvalue weighted by atomic mass is 9.91. The van der Waals surface area contributed by atoms with Crippen molar-refractivity contribution in [3.05, 3.63) is 29.8 Å². The molecule has 2 unspecified atom stereocenters. The molecule has 0 radical (unpaired) electrons. The maximum atomic E-state index is 11.4. The van der Waals surface area contributed by atoms with Crippen molar-refractivity contribution in [1.29, 1.82) is 0 Å². The van der Waals surface area contributed by atoms with E-state index in [1.54, 1.807) is 12.1 Å². The Hall–Kier alpha value is -0.870. The first-order chi connectivity index (χ1) is 8.40. The van der Waals surface area contributed by atoms with Crippen LogP contribution in [0.2, 0.25) is 0 Å². The SMILES string of the molecule is CCCC(NC)C(C)c1ccc(S(C)(=O)=O)cc1. The molecular formula is C14H23NO2S. The summed E-state index contributed by atoms with van der Waals surface area (Å²) >= 11 is 0. The van der Waals surface area contributed by atoms with Crippen molar-refractivity contribution in [3.8, 4) is 0 Å². The number of sulfone groups is 1. The van der Waals surface area contributed by atoms with Crippen LogP contribution < -0.4 is 5.32 Å². The van der Waals surface area contributed by atoms with Crippen LogP contribution in [-0.4, -0.2) is 27.8 Å². The summed E-state index contributed by atoms with van der Waals surface area (Å²) in [4.78, 5) is 0.384. The third-order valence-electron chi connectivity index (χ3n) is 3.41. The Morgan fingerprint density at radius 3 is 2.17 bits per heavy atom. The van der Waals surface area contributed by atoms with Gasteiger partial charge in [-0.1, -0.05) is 32.4 Å². The molecule has 0 amide bonds. The first-order valence-corrected chi connectivity index (χ1v) is 8.26. The summed E-state index contributed by atoms with van der Waals surface area (Å²) < 4.78 is 22.8. The summed E-state index contributed by atoms with van der Waals surface area (Å²) in [5, 5.41) is 3.33. The largest absolute Gasteiger partial charge is 0.316 e. The summed E-state index contributed by atoms with van der Waals surface area (Å²) in [6.07, 6.45) is 3.49. The topological polar surface area (TPSA) is 46.2 Å². The zero-order valence-corrected chi connectivity index (χ0v) is 12.4. The molecular weight excluding hydrogens is 246 g/mol. The van der Waals surface area contributed by atoms with Crippen molar-refractivity contribution >= 4 is 9.84 Å². The predicted molar refractivity (Wildman–Crippen MR) is 75.7 cm³/mol. The molecule has 1 aromatic carbocycles. The second kappa shape index (κ2) is 6.34. The maximum absolute atomic E-state index is 11.4. The van der Waals surface area contributed by atoms with Gasteiger partial charge in [-0.3, -0.25) is 0 Å². The summed E-state index contributed by atoms with van der Waals surface area (Å²) in [5.41, 5.74) is 1.18. The van der Waals surface area contributed by atoms with Crippen LogP contribution in [-0.2, 0) is 9.84 Å². The van der Waals surface area contributed by atoms with Gasteiger partial charge in [0.1, 0.15) is 0 Å². The quantitative estimate of drug-likeness (QED) is 0.863. The molecule has 0 saturated heterocycles. The van der Waals surface area contributed by atoms with Crippen molar-refractivity contribution in [2.24, 2.45) is 0 Å². The fraction of sp³-hybridized carbons (Fsp3) is 0.571. The lowest BCUT2D eigenvalue weighted by molar-refractivity contribution is 0.451. The molecule has 0 aliphatic carbocycles. The van der Waals surface area contributed by atoms with Crippen molar-refractivity contribution in [1.82, 2.24) is 5.32 Å². The Bertz CT molecular complexity index is 465. The van der Waals surface area contributed by atoms with E-state index < -0.39 is 9.84 Å². The minimum absolute atomic E-state index is 0.378. The first kappa shape index (κ1) is 15.2. The minimum atomic E-state index is -3.10. The van der Waals surface area contributed by atoms with Crippen LogP contribution in [0.5, 0.6) is 0 Å². The first-order valence-electron chi connectivity index (χ1n) is 6.37. The summed E-state index contributed by atoms with van der Waals surface area (Å²) in [7, 11) is -1.12. The van der Waals surface area contributed by atoms with Gasteiger partial charge in [-0.15, -0.1) is 0 Å². The van der Waals surface area contributed by atoms with E-state index in [0.717, 1.165) is 12.8 Å². The van der Waals surface area contributed by atoms with E-state index in [-0.39, 0.29) is 0 Å². The Morgan fingerprint density at radius 2 is 1.78 bits per heavy atom. The van der Waals surface area contributed by atoms with E-state index in [4.69, 9.17) is 0 Å². The average molecular weight is 269 g/mol. The molecule has 0 aromatic heterocycles. The summed E-state index contributed by atoms with van der Waals surface area (Å²) in [6, 6.07) is 7.65. The highest BCUT2D eigenvalue weighted by molar-refractivity contribution is 7.90. The molecule has 1 aromatic rings. The summed E-state index contributed by atoms with van der Waals surface area (Å²) in [5.74, 6) is 0.378. The van der Waals surface area contributed by atoms with Crippen molar-refractivity contribution in [2.45, 2.75) is 43.5 Å². The molecule has 0 spiro atoms. The van der Waals surface area contributed by atoms with Crippen LogP contribution >= 0.6 is 0 Å². The van der Waals surface area contributed by atoms with Gasteiger partial charge in [-0.05, 0) is 37.1 Å². The molecule has 0 saturated carbocycles. The highest BCUT2D eigenvalue weighted by Gasteiger charge is 2.17. The van der Waals surface area contributed by atoms with Gasteiger partial charge in [-0.2, -0.15) is 0 Å². The van der Waals surface area contributed by atoms with Crippen molar-refractivity contribution in [3.63, 3.8) is 0 Å². The smallest absolute Gasteiger partial charge is 0.175 e. The van der Waals surface area contributed by atoms with E-state index in [9.17, 15) is 8.42 Å². The Kier molecular flexibility index (Phi) is 5.35. The Morgan fingerprint density at radius 1 is 1.22 bits per heavy atom. The molecule has 0 heterocycles. The molecule has 18 heavy (non-hydrogen) atoms. The average Bonchev–Trinajstić information content (AvgIpc) is 2.34. The standard InChI is InChI=1S/C14H23NO2S/c1-5-6-14(15-3)11(2)12-7-9-13(10-8-12)18(4,16)17/h7-11,14-15H,5-6H2,1-4H3. The van der Waals surface area contributed by atoms with Gasteiger partial charge in [0.15, 0.2) is 9.84 Å². The normalized spacial score (nSPS) is 15.3. The molecule has 0 aliphatic heterocycles. The molecule has 1 rings (SSSR count). The highest BCUT2D eigenvalue weighted by Crippen LogP contribution is 2.23. The molecule has 2 atom stereocenters. The fourth-order valence-corrected chi connectivity index (χ4v) is 2.84. The number of hydrogen-bond acceptors (Lipinski definition) is 3. The van der Waals surface area contributed by atoms with Gasteiger partial charge >= 0.3 is 0 Å². The van der Waals surface area contributed by atoms with Gasteiger partial charge in [0.25, 0.3) is 0 Å². The number of likely N-dealkylation sites (N-methyl/N-ethyl adjacent to an activating group) is 1. The summed E-state index contributed by atoms with van der Waals surface area (Å²) in [6.45, 7) is 4.34. The van der Waals surface area contributed by atoms with Crippen molar-refractivity contribution < 1.29 is 8.42 Å². The third kappa shape index (κ3) is 3.82. The highest BCUT2D eigenvalue weighted by atomic mass is 32.2. The van der Waals surface area contributed by atoms with E-state index in [1.807, 2.05) is 19.2 Å². The molecule has 0 bridgehead atoms. The zero-order valence-electron chi connectivity index (χ0n) is 11.6. The van der Waals surface area contributed by atoms with E-state index in [0.29, 0.717) is 16.9 Å². The molecule has 1 N–H and O–H groups in total. The maximum Gasteiger partial charge on any atom is 0.175 e. The molecule has 0 aliphatic rings. The van der Waals surface area contributed by atoms with Crippen molar-refractivity contribution in [2.75, 3.05) is 13.3 Å². The molecule has 3 nitrogen and oxygen atoms in total. The van der Waals surface area contributed by atoms with Crippen LogP contribution in [0.4, 0.5) is 0 Å². The minimum Gasteiger partial charge on any atom is -0.316 e. The van der Waals surface area contributed by atoms with Crippen LogP contribution in [0.1, 0.15) is 38.2 Å². The van der Waals surface area contributed by atoms with Crippen LogP contribution in [0, 0.1) is 0 Å². The van der Waals surface area contributed by atoms with Gasteiger partial charge < -0.3 is 5.32 Å². The number of hydrogen-bond donors (Lipinski definition) is 1.